The van der Waals surface area contributed by atoms with E-state index in [0.717, 1.165) is 6.08 Å². The SMILES string of the molecule is NC(=O)c1ccnc(/C=C/[B-](F)(F)F)c1. The van der Waals surface area contributed by atoms with Crippen LogP contribution in [0, 0.1) is 0 Å². The lowest BCUT2D eigenvalue weighted by Gasteiger charge is -2.06. The molecule has 0 unspecified atom stereocenters. The van der Waals surface area contributed by atoms with Crippen molar-refractivity contribution in [1.82, 2.24) is 4.98 Å². The van der Waals surface area contributed by atoms with Gasteiger partial charge in [0.1, 0.15) is 0 Å². The lowest BCUT2D eigenvalue weighted by Crippen LogP contribution is -2.11. The molecule has 0 spiro atoms. The summed E-state index contributed by atoms with van der Waals surface area (Å²) >= 11 is 0. The molecule has 0 aliphatic heterocycles. The largest absolute Gasteiger partial charge is 0.502 e. The molecule has 1 aromatic rings. The summed E-state index contributed by atoms with van der Waals surface area (Å²) in [5, 5.41) is 0. The van der Waals surface area contributed by atoms with Crippen molar-refractivity contribution in [2.75, 3.05) is 0 Å². The molecule has 3 nitrogen and oxygen atoms in total. The summed E-state index contributed by atoms with van der Waals surface area (Å²) in [6.07, 6.45) is 2.02. The molecule has 1 heterocycles. The summed E-state index contributed by atoms with van der Waals surface area (Å²) in [5.74, 6) is -0.600. The summed E-state index contributed by atoms with van der Waals surface area (Å²) in [7, 11) is 0. The Morgan fingerprint density at radius 2 is 2.13 bits per heavy atom. The molecule has 15 heavy (non-hydrogen) atoms. The van der Waals surface area contributed by atoms with Gasteiger partial charge in [0.15, 0.2) is 0 Å². The van der Waals surface area contributed by atoms with Crippen LogP contribution in [0.5, 0.6) is 0 Å². The van der Waals surface area contributed by atoms with E-state index in [1.807, 2.05) is 0 Å². The second-order valence-electron chi connectivity index (χ2n) is 2.82. The number of aromatic nitrogens is 1. The zero-order valence-corrected chi connectivity index (χ0v) is 7.53. The Bertz CT molecular complexity index is 403. The number of nitrogens with zero attached hydrogens (tertiary/aromatic N) is 1. The maximum Gasteiger partial charge on any atom is 0.502 e. The minimum atomic E-state index is -4.99. The second kappa shape index (κ2) is 4.16. The number of pyridine rings is 1. The van der Waals surface area contributed by atoms with E-state index >= 15 is 0 Å². The molecule has 0 aromatic carbocycles. The third-order valence-electron chi connectivity index (χ3n) is 1.55. The van der Waals surface area contributed by atoms with Gasteiger partial charge in [0.05, 0.1) is 5.69 Å². The Morgan fingerprint density at radius 1 is 1.47 bits per heavy atom. The normalized spacial score (nSPS) is 11.9. The highest BCUT2D eigenvalue weighted by Gasteiger charge is 2.17. The zero-order valence-electron chi connectivity index (χ0n) is 7.53. The van der Waals surface area contributed by atoms with Gasteiger partial charge in [0.25, 0.3) is 0 Å². The number of amides is 1. The van der Waals surface area contributed by atoms with Gasteiger partial charge in [-0.1, -0.05) is 6.08 Å². The molecule has 0 aliphatic carbocycles. The molecule has 0 atom stereocenters. The Balaban J connectivity index is 2.92. The molecule has 0 saturated carbocycles. The van der Waals surface area contributed by atoms with Gasteiger partial charge in [-0.15, -0.1) is 5.98 Å². The number of hydrogen-bond donors (Lipinski definition) is 1. The zero-order chi connectivity index (χ0) is 11.5. The molecule has 0 radical (unpaired) electrons. The smallest absolute Gasteiger partial charge is 0.445 e. The van der Waals surface area contributed by atoms with Gasteiger partial charge in [-0.05, 0) is 12.1 Å². The first-order valence-electron chi connectivity index (χ1n) is 4.03. The number of rotatable bonds is 3. The van der Waals surface area contributed by atoms with Crippen LogP contribution in [-0.4, -0.2) is 17.9 Å². The Morgan fingerprint density at radius 3 is 2.67 bits per heavy atom. The lowest BCUT2D eigenvalue weighted by atomic mass is 9.91. The molecule has 1 aromatic heterocycles. The van der Waals surface area contributed by atoms with Crippen molar-refractivity contribution in [2.45, 2.75) is 0 Å². The highest BCUT2D eigenvalue weighted by atomic mass is 19.4. The van der Waals surface area contributed by atoms with Gasteiger partial charge in [-0.3, -0.25) is 9.78 Å². The van der Waals surface area contributed by atoms with Crippen molar-refractivity contribution >= 4 is 19.0 Å². The predicted molar refractivity (Wildman–Crippen MR) is 50.9 cm³/mol. The summed E-state index contributed by atoms with van der Waals surface area (Å²) in [4.78, 5) is 14.3. The minimum Gasteiger partial charge on any atom is -0.445 e. The van der Waals surface area contributed by atoms with Crippen LogP contribution in [0.4, 0.5) is 12.9 Å². The molecule has 0 fully saturated rings. The summed E-state index contributed by atoms with van der Waals surface area (Å²) in [6.45, 7) is -4.99. The molecule has 2 N–H and O–H groups in total. The van der Waals surface area contributed by atoms with Crippen molar-refractivity contribution in [3.8, 4) is 0 Å². The molecule has 80 valence electrons. The number of nitrogens with two attached hydrogens (primary N) is 1. The van der Waals surface area contributed by atoms with Crippen LogP contribution in [0.1, 0.15) is 16.1 Å². The van der Waals surface area contributed by atoms with Crippen LogP contribution < -0.4 is 5.73 Å². The average molecular weight is 215 g/mol. The fourth-order valence-electron chi connectivity index (χ4n) is 0.900. The average Bonchev–Trinajstić information content (AvgIpc) is 2.14. The lowest BCUT2D eigenvalue weighted by molar-refractivity contribution is 0.1000. The summed E-state index contributed by atoms with van der Waals surface area (Å²) in [6, 6.07) is 2.53. The van der Waals surface area contributed by atoms with Crippen molar-refractivity contribution in [3.63, 3.8) is 0 Å². The molecular formula is C8H7BF3N2O-. The van der Waals surface area contributed by atoms with E-state index in [9.17, 15) is 17.7 Å². The summed E-state index contributed by atoms with van der Waals surface area (Å²) in [5.41, 5.74) is 5.13. The van der Waals surface area contributed by atoms with Crippen molar-refractivity contribution in [3.05, 3.63) is 35.6 Å². The summed E-state index contributed by atoms with van der Waals surface area (Å²) < 4.78 is 35.6. The van der Waals surface area contributed by atoms with E-state index in [1.54, 1.807) is 0 Å². The number of halogens is 3. The van der Waals surface area contributed by atoms with Crippen LogP contribution in [0.2, 0.25) is 0 Å². The van der Waals surface area contributed by atoms with Crippen molar-refractivity contribution in [2.24, 2.45) is 5.73 Å². The quantitative estimate of drug-likeness (QED) is 0.778. The third-order valence-corrected chi connectivity index (χ3v) is 1.55. The van der Waals surface area contributed by atoms with Gasteiger partial charge in [-0.25, -0.2) is 0 Å². The van der Waals surface area contributed by atoms with Gasteiger partial charge in [-0.2, -0.15) is 0 Å². The number of carbonyl (C=O) groups excluding carboxylic acids is 1. The van der Waals surface area contributed by atoms with E-state index in [2.05, 4.69) is 4.98 Å². The topological polar surface area (TPSA) is 56.0 Å². The molecule has 0 aliphatic rings. The van der Waals surface area contributed by atoms with Crippen LogP contribution in [0.15, 0.2) is 24.3 Å². The van der Waals surface area contributed by atoms with Gasteiger partial charge in [0, 0.05) is 11.8 Å². The first-order valence-corrected chi connectivity index (χ1v) is 4.03. The molecule has 1 rings (SSSR count). The van der Waals surface area contributed by atoms with E-state index < -0.39 is 12.9 Å². The highest BCUT2D eigenvalue weighted by molar-refractivity contribution is 6.64. The molecule has 7 heteroatoms. The predicted octanol–water partition coefficient (Wildman–Crippen LogP) is 1.58. The van der Waals surface area contributed by atoms with Crippen molar-refractivity contribution in [1.29, 1.82) is 0 Å². The Labute approximate surface area is 83.9 Å². The van der Waals surface area contributed by atoms with Crippen LogP contribution in [0.25, 0.3) is 6.08 Å². The van der Waals surface area contributed by atoms with E-state index in [-0.39, 0.29) is 17.2 Å². The van der Waals surface area contributed by atoms with E-state index in [1.165, 1.54) is 18.3 Å². The first-order chi connectivity index (χ1) is 6.88. The number of hydrogen-bond acceptors (Lipinski definition) is 2. The molecule has 0 bridgehead atoms. The van der Waals surface area contributed by atoms with Crippen LogP contribution in [-0.2, 0) is 0 Å². The highest BCUT2D eigenvalue weighted by Crippen LogP contribution is 2.12. The second-order valence-corrected chi connectivity index (χ2v) is 2.82. The van der Waals surface area contributed by atoms with Crippen LogP contribution in [0.3, 0.4) is 0 Å². The van der Waals surface area contributed by atoms with Gasteiger partial charge >= 0.3 is 6.98 Å². The van der Waals surface area contributed by atoms with Crippen LogP contribution >= 0.6 is 0 Å². The maximum absolute atomic E-state index is 11.9. The number of primary amides is 1. The van der Waals surface area contributed by atoms with Gasteiger partial charge < -0.3 is 18.7 Å². The fraction of sp³-hybridized carbons (Fsp3) is 0. The Hall–Kier alpha value is -1.79. The van der Waals surface area contributed by atoms with Gasteiger partial charge in [0.2, 0.25) is 5.91 Å². The number of carbonyl (C=O) groups is 1. The minimum absolute atomic E-state index is 0.0468. The fourth-order valence-corrected chi connectivity index (χ4v) is 0.900. The third kappa shape index (κ3) is 3.84. The van der Waals surface area contributed by atoms with E-state index in [4.69, 9.17) is 5.73 Å². The molecule has 1 amide bonds. The monoisotopic (exact) mass is 215 g/mol. The first kappa shape index (κ1) is 11.3. The maximum atomic E-state index is 11.9. The Kier molecular flexibility index (Phi) is 3.13. The molecular weight excluding hydrogens is 208 g/mol. The molecule has 0 saturated heterocycles. The van der Waals surface area contributed by atoms with E-state index in [0.29, 0.717) is 0 Å². The van der Waals surface area contributed by atoms with Crippen molar-refractivity contribution < 1.29 is 17.7 Å². The standard InChI is InChI=1S/C8H7BF3N2O/c10-9(11,12)3-1-7-5-6(8(13)15)2-4-14-7/h1-5H,(H2,13,15)/q-1/b3-1+.